The number of rotatable bonds is 5. The maximum absolute atomic E-state index is 12.6. The highest BCUT2D eigenvalue weighted by molar-refractivity contribution is 14.1. The Balaban J connectivity index is 1.78. The summed E-state index contributed by atoms with van der Waals surface area (Å²) in [5.74, 6) is 1.28. The molecule has 0 aliphatic heterocycles. The van der Waals surface area contributed by atoms with Crippen LogP contribution in [0.15, 0.2) is 77.7 Å². The van der Waals surface area contributed by atoms with Crippen LogP contribution in [0, 0.1) is 10.5 Å². The number of aryl methyl sites for hydroxylation is 1. The van der Waals surface area contributed by atoms with Crippen molar-refractivity contribution in [3.8, 4) is 11.5 Å². The molecule has 0 saturated heterocycles. The van der Waals surface area contributed by atoms with E-state index in [4.69, 9.17) is 4.74 Å². The van der Waals surface area contributed by atoms with Gasteiger partial charge in [0.05, 0.1) is 10.6 Å². The predicted octanol–water partition coefficient (Wildman–Crippen LogP) is 5.19. The van der Waals surface area contributed by atoms with Crippen LogP contribution < -0.4 is 9.46 Å². The second kappa shape index (κ2) is 7.45. The molecular formula is C19H16INO3S. The summed E-state index contributed by atoms with van der Waals surface area (Å²) in [6.45, 7) is 1.87. The lowest BCUT2D eigenvalue weighted by Crippen LogP contribution is -2.13. The van der Waals surface area contributed by atoms with Gasteiger partial charge in [-0.1, -0.05) is 18.2 Å². The number of para-hydroxylation sites is 1. The van der Waals surface area contributed by atoms with E-state index in [1.165, 1.54) is 12.1 Å². The Bertz CT molecular complexity index is 971. The Morgan fingerprint density at radius 2 is 1.52 bits per heavy atom. The van der Waals surface area contributed by atoms with E-state index >= 15 is 0 Å². The molecule has 0 fully saturated rings. The molecule has 0 aliphatic rings. The summed E-state index contributed by atoms with van der Waals surface area (Å²) in [5.41, 5.74) is 1.45. The number of halogens is 1. The van der Waals surface area contributed by atoms with Crippen LogP contribution in [-0.2, 0) is 10.0 Å². The molecule has 0 spiro atoms. The number of nitrogens with one attached hydrogen (secondary N) is 1. The molecule has 0 radical (unpaired) electrons. The Labute approximate surface area is 161 Å². The number of sulfonamides is 1. The monoisotopic (exact) mass is 465 g/mol. The van der Waals surface area contributed by atoms with Crippen molar-refractivity contribution < 1.29 is 13.2 Å². The van der Waals surface area contributed by atoms with Crippen molar-refractivity contribution in [1.82, 2.24) is 0 Å². The minimum atomic E-state index is -3.65. The Kier molecular flexibility index (Phi) is 5.29. The van der Waals surface area contributed by atoms with Gasteiger partial charge in [-0.15, -0.1) is 0 Å². The van der Waals surface area contributed by atoms with Gasteiger partial charge in [0, 0.05) is 3.57 Å². The van der Waals surface area contributed by atoms with Crippen LogP contribution in [-0.4, -0.2) is 8.42 Å². The second-order valence-electron chi connectivity index (χ2n) is 5.45. The zero-order valence-corrected chi connectivity index (χ0v) is 16.4. The van der Waals surface area contributed by atoms with Crippen molar-refractivity contribution >= 4 is 38.3 Å². The van der Waals surface area contributed by atoms with Crippen molar-refractivity contribution in [3.05, 3.63) is 81.9 Å². The van der Waals surface area contributed by atoms with Gasteiger partial charge in [0.1, 0.15) is 11.5 Å². The molecular weight excluding hydrogens is 449 g/mol. The highest BCUT2D eigenvalue weighted by Gasteiger charge is 2.15. The summed E-state index contributed by atoms with van der Waals surface area (Å²) >= 11 is 2.19. The molecule has 0 aromatic heterocycles. The van der Waals surface area contributed by atoms with Crippen molar-refractivity contribution in [2.75, 3.05) is 4.72 Å². The summed E-state index contributed by atoms with van der Waals surface area (Å²) in [6, 6.07) is 21.2. The van der Waals surface area contributed by atoms with Crippen LogP contribution >= 0.6 is 22.6 Å². The number of anilines is 1. The van der Waals surface area contributed by atoms with Crippen LogP contribution in [0.5, 0.6) is 11.5 Å². The second-order valence-corrected chi connectivity index (χ2v) is 8.38. The normalized spacial score (nSPS) is 11.1. The van der Waals surface area contributed by atoms with Gasteiger partial charge in [-0.2, -0.15) is 0 Å². The average molecular weight is 465 g/mol. The third-order valence-electron chi connectivity index (χ3n) is 3.55. The van der Waals surface area contributed by atoms with Gasteiger partial charge in [0.2, 0.25) is 0 Å². The predicted molar refractivity (Wildman–Crippen MR) is 108 cm³/mol. The highest BCUT2D eigenvalue weighted by atomic mass is 127. The van der Waals surface area contributed by atoms with Crippen LogP contribution in [0.4, 0.5) is 5.69 Å². The van der Waals surface area contributed by atoms with Gasteiger partial charge in [0.25, 0.3) is 10.0 Å². The molecule has 0 aliphatic carbocycles. The van der Waals surface area contributed by atoms with E-state index in [9.17, 15) is 8.42 Å². The van der Waals surface area contributed by atoms with E-state index in [2.05, 4.69) is 27.3 Å². The summed E-state index contributed by atoms with van der Waals surface area (Å²) in [6.07, 6.45) is 0. The topological polar surface area (TPSA) is 55.4 Å². The average Bonchev–Trinajstić information content (AvgIpc) is 2.59. The molecule has 4 nitrogen and oxygen atoms in total. The SMILES string of the molecule is Cc1cc(I)ccc1NS(=O)(=O)c1ccc(Oc2ccccc2)cc1. The first kappa shape index (κ1) is 17.8. The van der Waals surface area contributed by atoms with Crippen molar-refractivity contribution in [2.45, 2.75) is 11.8 Å². The van der Waals surface area contributed by atoms with Crippen LogP contribution in [0.2, 0.25) is 0 Å². The van der Waals surface area contributed by atoms with E-state index in [-0.39, 0.29) is 4.90 Å². The zero-order valence-electron chi connectivity index (χ0n) is 13.4. The van der Waals surface area contributed by atoms with E-state index in [1.807, 2.05) is 49.4 Å². The van der Waals surface area contributed by atoms with Crippen molar-refractivity contribution in [2.24, 2.45) is 0 Å². The smallest absolute Gasteiger partial charge is 0.261 e. The van der Waals surface area contributed by atoms with Gasteiger partial charge in [0.15, 0.2) is 0 Å². The lowest BCUT2D eigenvalue weighted by atomic mass is 10.2. The largest absolute Gasteiger partial charge is 0.457 e. The maximum Gasteiger partial charge on any atom is 0.261 e. The van der Waals surface area contributed by atoms with E-state index in [1.54, 1.807) is 18.2 Å². The molecule has 0 saturated carbocycles. The molecule has 6 heteroatoms. The quantitative estimate of drug-likeness (QED) is 0.528. The molecule has 3 rings (SSSR count). The lowest BCUT2D eigenvalue weighted by Gasteiger charge is -2.11. The van der Waals surface area contributed by atoms with Gasteiger partial charge < -0.3 is 4.74 Å². The summed E-state index contributed by atoms with van der Waals surface area (Å²) < 4.78 is 34.5. The first-order valence-corrected chi connectivity index (χ1v) is 10.1. The Morgan fingerprint density at radius 1 is 0.880 bits per heavy atom. The molecule has 3 aromatic carbocycles. The Hall–Kier alpha value is -2.06. The van der Waals surface area contributed by atoms with Gasteiger partial charge in [-0.25, -0.2) is 8.42 Å². The molecule has 0 heterocycles. The molecule has 0 atom stereocenters. The summed E-state index contributed by atoms with van der Waals surface area (Å²) in [7, 11) is -3.65. The van der Waals surface area contributed by atoms with Crippen molar-refractivity contribution in [1.29, 1.82) is 0 Å². The number of hydrogen-bond donors (Lipinski definition) is 1. The van der Waals surface area contributed by atoms with Crippen LogP contribution in [0.25, 0.3) is 0 Å². The molecule has 3 aromatic rings. The summed E-state index contributed by atoms with van der Waals surface area (Å²) in [4.78, 5) is 0.186. The number of ether oxygens (including phenoxy) is 1. The summed E-state index contributed by atoms with van der Waals surface area (Å²) in [5, 5.41) is 0. The fraction of sp³-hybridized carbons (Fsp3) is 0.0526. The molecule has 1 N–H and O–H groups in total. The van der Waals surface area contributed by atoms with Crippen LogP contribution in [0.3, 0.4) is 0 Å². The zero-order chi connectivity index (χ0) is 17.9. The fourth-order valence-electron chi connectivity index (χ4n) is 2.26. The molecule has 25 heavy (non-hydrogen) atoms. The maximum atomic E-state index is 12.6. The minimum absolute atomic E-state index is 0.186. The van der Waals surface area contributed by atoms with Gasteiger partial charge in [-0.3, -0.25) is 4.72 Å². The third kappa shape index (κ3) is 4.52. The lowest BCUT2D eigenvalue weighted by molar-refractivity contribution is 0.482. The molecule has 0 bridgehead atoms. The van der Waals surface area contributed by atoms with Crippen LogP contribution in [0.1, 0.15) is 5.56 Å². The highest BCUT2D eigenvalue weighted by Crippen LogP contribution is 2.25. The van der Waals surface area contributed by atoms with Gasteiger partial charge in [-0.05, 0) is 89.7 Å². The molecule has 0 amide bonds. The van der Waals surface area contributed by atoms with E-state index < -0.39 is 10.0 Å². The number of hydrogen-bond acceptors (Lipinski definition) is 3. The Morgan fingerprint density at radius 3 is 2.16 bits per heavy atom. The third-order valence-corrected chi connectivity index (χ3v) is 5.60. The first-order valence-electron chi connectivity index (χ1n) is 7.56. The van der Waals surface area contributed by atoms with E-state index in [0.717, 1.165) is 9.13 Å². The minimum Gasteiger partial charge on any atom is -0.457 e. The standard InChI is InChI=1S/C19H16INO3S/c1-14-13-15(20)7-12-19(14)21-25(22,23)18-10-8-17(9-11-18)24-16-5-3-2-4-6-16/h2-13,21H,1H3. The molecule has 0 unspecified atom stereocenters. The number of benzene rings is 3. The van der Waals surface area contributed by atoms with Gasteiger partial charge >= 0.3 is 0 Å². The fourth-order valence-corrected chi connectivity index (χ4v) is 4.03. The van der Waals surface area contributed by atoms with Crippen molar-refractivity contribution in [3.63, 3.8) is 0 Å². The first-order chi connectivity index (χ1) is 11.9. The van der Waals surface area contributed by atoms with E-state index in [0.29, 0.717) is 17.2 Å². The molecule has 128 valence electrons.